The molecule has 0 amide bonds. The fourth-order valence-corrected chi connectivity index (χ4v) is 2.67. The van der Waals surface area contributed by atoms with Gasteiger partial charge in [-0.1, -0.05) is 45.2 Å². The standard InChI is InChI=1S/C16H24FN/c1-12(2)18-11-15(14-6-4-7-14)9-13-5-3-8-16(17)10-13/h3,5,8,10,12,14-15,18H,4,6-7,9,11H2,1-2H3. The number of rotatable bonds is 6. The Bertz CT molecular complexity index is 371. The average Bonchev–Trinajstić information content (AvgIpc) is 2.23. The first-order valence-electron chi connectivity index (χ1n) is 7.13. The Morgan fingerprint density at radius 1 is 1.33 bits per heavy atom. The number of hydrogen-bond acceptors (Lipinski definition) is 1. The zero-order chi connectivity index (χ0) is 13.0. The van der Waals surface area contributed by atoms with Gasteiger partial charge in [0.2, 0.25) is 0 Å². The Balaban J connectivity index is 1.95. The molecule has 1 aromatic carbocycles. The van der Waals surface area contributed by atoms with Crippen LogP contribution in [-0.2, 0) is 6.42 Å². The molecule has 2 rings (SSSR count). The molecule has 1 N–H and O–H groups in total. The second kappa shape index (κ2) is 6.33. The molecule has 0 spiro atoms. The van der Waals surface area contributed by atoms with Crippen molar-refractivity contribution in [3.8, 4) is 0 Å². The third-order valence-electron chi connectivity index (χ3n) is 3.99. The van der Waals surface area contributed by atoms with E-state index in [1.54, 1.807) is 6.07 Å². The molecule has 18 heavy (non-hydrogen) atoms. The molecule has 1 aromatic rings. The van der Waals surface area contributed by atoms with Gasteiger partial charge in [-0.3, -0.25) is 0 Å². The maximum atomic E-state index is 13.2. The number of hydrogen-bond donors (Lipinski definition) is 1. The van der Waals surface area contributed by atoms with Crippen molar-refractivity contribution in [3.05, 3.63) is 35.6 Å². The number of nitrogens with one attached hydrogen (secondary N) is 1. The van der Waals surface area contributed by atoms with Gasteiger partial charge in [0.1, 0.15) is 5.82 Å². The third kappa shape index (κ3) is 3.81. The van der Waals surface area contributed by atoms with Crippen molar-refractivity contribution in [2.75, 3.05) is 6.54 Å². The fraction of sp³-hybridized carbons (Fsp3) is 0.625. The third-order valence-corrected chi connectivity index (χ3v) is 3.99. The van der Waals surface area contributed by atoms with Crippen molar-refractivity contribution in [3.63, 3.8) is 0 Å². The summed E-state index contributed by atoms with van der Waals surface area (Å²) in [6.07, 6.45) is 5.06. The Morgan fingerprint density at radius 2 is 2.11 bits per heavy atom. The van der Waals surface area contributed by atoms with Gasteiger partial charge in [-0.2, -0.15) is 0 Å². The second-order valence-corrected chi connectivity index (χ2v) is 5.85. The monoisotopic (exact) mass is 249 g/mol. The zero-order valence-corrected chi connectivity index (χ0v) is 11.5. The van der Waals surface area contributed by atoms with Crippen LogP contribution in [0.3, 0.4) is 0 Å². The van der Waals surface area contributed by atoms with E-state index in [0.29, 0.717) is 12.0 Å². The quantitative estimate of drug-likeness (QED) is 0.809. The van der Waals surface area contributed by atoms with E-state index in [1.165, 1.54) is 25.3 Å². The highest BCUT2D eigenvalue weighted by atomic mass is 19.1. The molecule has 1 unspecified atom stereocenters. The van der Waals surface area contributed by atoms with Gasteiger partial charge >= 0.3 is 0 Å². The predicted molar refractivity (Wildman–Crippen MR) is 74.1 cm³/mol. The van der Waals surface area contributed by atoms with E-state index in [4.69, 9.17) is 0 Å². The summed E-state index contributed by atoms with van der Waals surface area (Å²) >= 11 is 0. The first-order valence-corrected chi connectivity index (χ1v) is 7.13. The molecule has 0 saturated heterocycles. The molecule has 100 valence electrons. The molecule has 1 saturated carbocycles. The molecule has 1 fully saturated rings. The van der Waals surface area contributed by atoms with Gasteiger partial charge in [0.15, 0.2) is 0 Å². The lowest BCUT2D eigenvalue weighted by atomic mass is 9.73. The van der Waals surface area contributed by atoms with Crippen LogP contribution < -0.4 is 5.32 Å². The Hall–Kier alpha value is -0.890. The predicted octanol–water partition coefficient (Wildman–Crippen LogP) is 3.78. The largest absolute Gasteiger partial charge is 0.314 e. The highest BCUT2D eigenvalue weighted by Crippen LogP contribution is 2.35. The van der Waals surface area contributed by atoms with Crippen LogP contribution in [0.5, 0.6) is 0 Å². The van der Waals surface area contributed by atoms with Crippen LogP contribution in [0.2, 0.25) is 0 Å². The molecular weight excluding hydrogens is 225 g/mol. The van der Waals surface area contributed by atoms with E-state index in [2.05, 4.69) is 19.2 Å². The van der Waals surface area contributed by atoms with Gasteiger partial charge < -0.3 is 5.32 Å². The fourth-order valence-electron chi connectivity index (χ4n) is 2.67. The smallest absolute Gasteiger partial charge is 0.123 e. The molecule has 2 heteroatoms. The maximum absolute atomic E-state index is 13.2. The highest BCUT2D eigenvalue weighted by Gasteiger charge is 2.27. The Labute approximate surface area is 110 Å². The minimum atomic E-state index is -0.114. The van der Waals surface area contributed by atoms with Crippen molar-refractivity contribution in [2.45, 2.75) is 45.6 Å². The van der Waals surface area contributed by atoms with E-state index in [-0.39, 0.29) is 5.82 Å². The van der Waals surface area contributed by atoms with E-state index >= 15 is 0 Å². The van der Waals surface area contributed by atoms with Gasteiger partial charge in [0, 0.05) is 6.04 Å². The molecule has 0 bridgehead atoms. The summed E-state index contributed by atoms with van der Waals surface area (Å²) in [5.74, 6) is 1.37. The first kappa shape index (κ1) is 13.5. The molecular formula is C16H24FN. The average molecular weight is 249 g/mol. The Morgan fingerprint density at radius 3 is 2.67 bits per heavy atom. The van der Waals surface area contributed by atoms with E-state index in [0.717, 1.165) is 24.4 Å². The minimum absolute atomic E-state index is 0.114. The molecule has 0 radical (unpaired) electrons. The van der Waals surface area contributed by atoms with Gasteiger partial charge in [-0.25, -0.2) is 4.39 Å². The molecule has 1 aliphatic carbocycles. The van der Waals surface area contributed by atoms with Crippen molar-refractivity contribution < 1.29 is 4.39 Å². The van der Waals surface area contributed by atoms with Gasteiger partial charge in [0.25, 0.3) is 0 Å². The zero-order valence-electron chi connectivity index (χ0n) is 11.5. The van der Waals surface area contributed by atoms with Crippen molar-refractivity contribution in [1.82, 2.24) is 5.32 Å². The van der Waals surface area contributed by atoms with Crippen molar-refractivity contribution >= 4 is 0 Å². The lowest BCUT2D eigenvalue weighted by molar-refractivity contribution is 0.197. The molecule has 1 nitrogen and oxygen atoms in total. The topological polar surface area (TPSA) is 12.0 Å². The van der Waals surface area contributed by atoms with Crippen LogP contribution >= 0.6 is 0 Å². The first-order chi connectivity index (χ1) is 8.65. The molecule has 0 aliphatic heterocycles. The molecule has 1 aliphatic rings. The highest BCUT2D eigenvalue weighted by molar-refractivity contribution is 5.17. The summed E-state index contributed by atoms with van der Waals surface area (Å²) in [5, 5.41) is 3.54. The van der Waals surface area contributed by atoms with Crippen LogP contribution in [-0.4, -0.2) is 12.6 Å². The van der Waals surface area contributed by atoms with E-state index in [1.807, 2.05) is 12.1 Å². The van der Waals surface area contributed by atoms with Crippen LogP contribution in [0.4, 0.5) is 4.39 Å². The summed E-state index contributed by atoms with van der Waals surface area (Å²) in [4.78, 5) is 0. The van der Waals surface area contributed by atoms with Gasteiger partial charge in [0.05, 0.1) is 0 Å². The van der Waals surface area contributed by atoms with Crippen molar-refractivity contribution in [1.29, 1.82) is 0 Å². The van der Waals surface area contributed by atoms with Crippen LogP contribution in [0.1, 0.15) is 38.7 Å². The second-order valence-electron chi connectivity index (χ2n) is 5.85. The van der Waals surface area contributed by atoms with Gasteiger partial charge in [-0.15, -0.1) is 0 Å². The van der Waals surface area contributed by atoms with E-state index in [9.17, 15) is 4.39 Å². The summed E-state index contributed by atoms with van der Waals surface area (Å²) < 4.78 is 13.2. The summed E-state index contributed by atoms with van der Waals surface area (Å²) in [5.41, 5.74) is 1.14. The van der Waals surface area contributed by atoms with E-state index < -0.39 is 0 Å². The molecule has 0 aromatic heterocycles. The lowest BCUT2D eigenvalue weighted by Crippen LogP contribution is -2.36. The maximum Gasteiger partial charge on any atom is 0.123 e. The van der Waals surface area contributed by atoms with Crippen LogP contribution in [0.25, 0.3) is 0 Å². The summed E-state index contributed by atoms with van der Waals surface area (Å²) in [6.45, 7) is 5.42. The summed E-state index contributed by atoms with van der Waals surface area (Å²) in [7, 11) is 0. The van der Waals surface area contributed by atoms with Crippen molar-refractivity contribution in [2.24, 2.45) is 11.8 Å². The number of benzene rings is 1. The number of halogens is 1. The normalized spacial score (nSPS) is 17.8. The minimum Gasteiger partial charge on any atom is -0.314 e. The SMILES string of the molecule is CC(C)NCC(Cc1cccc(F)c1)C1CCC1. The lowest BCUT2D eigenvalue weighted by Gasteiger charge is -2.34. The van der Waals surface area contributed by atoms with Crippen LogP contribution in [0.15, 0.2) is 24.3 Å². The molecule has 0 heterocycles. The Kier molecular flexibility index (Phi) is 4.76. The molecule has 1 atom stereocenters. The van der Waals surface area contributed by atoms with Gasteiger partial charge in [-0.05, 0) is 42.5 Å². The van der Waals surface area contributed by atoms with Crippen LogP contribution in [0, 0.1) is 17.7 Å². The summed E-state index contributed by atoms with van der Waals surface area (Å²) in [6, 6.07) is 7.60.